The molecule has 39 heavy (non-hydrogen) atoms. The molecule has 0 unspecified atom stereocenters. The van der Waals surface area contributed by atoms with E-state index in [1.807, 2.05) is 30.3 Å². The molecule has 1 heterocycles. The molecule has 2 N–H and O–H groups in total. The molecule has 0 atom stereocenters. The van der Waals surface area contributed by atoms with Crippen LogP contribution >= 0.6 is 11.6 Å². The number of rotatable bonds is 8. The number of sulfonamides is 1. The average molecular weight is 573 g/mol. The van der Waals surface area contributed by atoms with E-state index in [0.29, 0.717) is 28.3 Å². The van der Waals surface area contributed by atoms with Crippen LogP contribution in [0, 0.1) is 6.92 Å². The summed E-state index contributed by atoms with van der Waals surface area (Å²) in [5.41, 5.74) is -1.41. The van der Waals surface area contributed by atoms with Crippen molar-refractivity contribution in [1.82, 2.24) is 14.9 Å². The van der Waals surface area contributed by atoms with E-state index in [2.05, 4.69) is 25.0 Å². The van der Waals surface area contributed by atoms with Crippen LogP contribution in [-0.2, 0) is 10.0 Å². The van der Waals surface area contributed by atoms with Gasteiger partial charge in [0.25, 0.3) is 0 Å². The number of alkyl halides is 3. The molecule has 1 aromatic heterocycles. The molecule has 0 radical (unpaired) electrons. The van der Waals surface area contributed by atoms with Crippen LogP contribution in [0.15, 0.2) is 71.6 Å². The molecule has 0 amide bonds. The van der Waals surface area contributed by atoms with Gasteiger partial charge in [-0.05, 0) is 55.7 Å². The van der Waals surface area contributed by atoms with Crippen molar-refractivity contribution in [3.63, 3.8) is 0 Å². The summed E-state index contributed by atoms with van der Waals surface area (Å²) in [6, 6.07) is 18.5. The number of anilines is 2. The third-order valence-electron chi connectivity index (χ3n) is 6.72. The Hall–Kier alpha value is -3.34. The lowest BCUT2D eigenvalue weighted by molar-refractivity contribution is -0.0964. The number of nitrogens with one attached hydrogen (secondary N) is 2. The monoisotopic (exact) mass is 572 g/mol. The van der Waals surface area contributed by atoms with Crippen LogP contribution in [0.25, 0.3) is 22.0 Å². The van der Waals surface area contributed by atoms with Gasteiger partial charge in [-0.2, -0.15) is 0 Å². The predicted octanol–water partition coefficient (Wildman–Crippen LogP) is 7.13. The van der Waals surface area contributed by atoms with Crippen LogP contribution in [-0.4, -0.2) is 30.2 Å². The second-order valence-electron chi connectivity index (χ2n) is 9.58. The van der Waals surface area contributed by atoms with Gasteiger partial charge in [-0.1, -0.05) is 55.7 Å². The molecule has 204 valence electrons. The van der Waals surface area contributed by atoms with Gasteiger partial charge < -0.3 is 10.1 Å². The Morgan fingerprint density at radius 3 is 2.33 bits per heavy atom. The SMILES string of the molecule is Cc1ccc(-c2nnc(Nc3ccc(OC(F)(F)Cl)cc3)c3ccccc23)cc1S(=O)(=O)NC1CCCCC1. The Morgan fingerprint density at radius 2 is 1.64 bits per heavy atom. The Kier molecular flexibility index (Phi) is 7.70. The third kappa shape index (κ3) is 6.46. The van der Waals surface area contributed by atoms with Crippen LogP contribution in [0.1, 0.15) is 37.7 Å². The van der Waals surface area contributed by atoms with Crippen molar-refractivity contribution in [3.05, 3.63) is 72.3 Å². The highest BCUT2D eigenvalue weighted by atomic mass is 35.5. The molecular weight excluding hydrogens is 546 g/mol. The number of hydrogen-bond donors (Lipinski definition) is 2. The molecule has 3 aromatic carbocycles. The summed E-state index contributed by atoms with van der Waals surface area (Å²) in [5.74, 6) is 0.361. The van der Waals surface area contributed by atoms with Gasteiger partial charge in [-0.25, -0.2) is 13.1 Å². The zero-order chi connectivity index (χ0) is 27.6. The number of benzene rings is 3. The fourth-order valence-electron chi connectivity index (χ4n) is 4.83. The topological polar surface area (TPSA) is 93.2 Å². The van der Waals surface area contributed by atoms with E-state index in [-0.39, 0.29) is 16.7 Å². The summed E-state index contributed by atoms with van der Waals surface area (Å²) in [5, 5.41) is 13.5. The van der Waals surface area contributed by atoms with Crippen LogP contribution in [0.5, 0.6) is 5.75 Å². The van der Waals surface area contributed by atoms with Crippen molar-refractivity contribution in [1.29, 1.82) is 0 Å². The molecule has 1 aliphatic carbocycles. The molecule has 4 aromatic rings. The zero-order valence-electron chi connectivity index (χ0n) is 21.1. The molecule has 0 spiro atoms. The standard InChI is InChI=1S/C28H27ClF2N4O3S/c1-18-11-12-19(17-25(18)39(36,37)35-21-7-3-2-4-8-21)26-23-9-5-6-10-24(23)27(34-33-26)32-20-13-15-22(16-14-20)38-28(29,30)31/h5-6,9-17,21,35H,2-4,7-8H2,1H3,(H,32,34). The lowest BCUT2D eigenvalue weighted by Crippen LogP contribution is -2.36. The molecule has 5 rings (SSSR count). The fourth-order valence-corrected chi connectivity index (χ4v) is 6.49. The van der Waals surface area contributed by atoms with E-state index in [0.717, 1.165) is 42.9 Å². The summed E-state index contributed by atoms with van der Waals surface area (Å²) in [7, 11) is -3.71. The number of hydrogen-bond acceptors (Lipinski definition) is 6. The van der Waals surface area contributed by atoms with Crippen molar-refractivity contribution < 1.29 is 21.9 Å². The second-order valence-corrected chi connectivity index (χ2v) is 11.7. The summed E-state index contributed by atoms with van der Waals surface area (Å²) in [4.78, 5) is 0.225. The lowest BCUT2D eigenvalue weighted by atomic mass is 9.96. The Labute approximate surface area is 230 Å². The van der Waals surface area contributed by atoms with Crippen LogP contribution in [0.4, 0.5) is 20.3 Å². The maximum atomic E-state index is 13.3. The fraction of sp³-hybridized carbons (Fsp3) is 0.286. The summed E-state index contributed by atoms with van der Waals surface area (Å²) in [6.45, 7) is 1.78. The largest absolute Gasteiger partial charge is 0.487 e. The van der Waals surface area contributed by atoms with Crippen molar-refractivity contribution in [2.75, 3.05) is 5.32 Å². The number of aryl methyl sites for hydroxylation is 1. The second kappa shape index (κ2) is 11.0. The highest BCUT2D eigenvalue weighted by Gasteiger charge is 2.27. The van der Waals surface area contributed by atoms with Gasteiger partial charge in [0.15, 0.2) is 5.82 Å². The summed E-state index contributed by atoms with van der Waals surface area (Å²) >= 11 is 4.83. The van der Waals surface area contributed by atoms with Gasteiger partial charge in [0, 0.05) is 39.7 Å². The van der Waals surface area contributed by atoms with Crippen molar-refractivity contribution >= 4 is 43.9 Å². The molecule has 7 nitrogen and oxygen atoms in total. The van der Waals surface area contributed by atoms with Gasteiger partial charge in [-0.15, -0.1) is 19.0 Å². The Bertz CT molecular complexity index is 1590. The maximum absolute atomic E-state index is 13.3. The van der Waals surface area contributed by atoms with E-state index in [1.54, 1.807) is 31.2 Å². The Balaban J connectivity index is 1.46. The van der Waals surface area contributed by atoms with Gasteiger partial charge in [0.2, 0.25) is 10.0 Å². The van der Waals surface area contributed by atoms with Crippen LogP contribution in [0.3, 0.4) is 0 Å². The van der Waals surface area contributed by atoms with E-state index in [1.165, 1.54) is 12.1 Å². The highest BCUT2D eigenvalue weighted by molar-refractivity contribution is 7.89. The minimum atomic E-state index is -3.80. The number of aromatic nitrogens is 2. The van der Waals surface area contributed by atoms with Crippen molar-refractivity contribution in [2.24, 2.45) is 0 Å². The van der Waals surface area contributed by atoms with Crippen molar-refractivity contribution in [2.45, 2.75) is 55.5 Å². The lowest BCUT2D eigenvalue weighted by Gasteiger charge is -2.23. The van der Waals surface area contributed by atoms with Gasteiger partial charge in [0.05, 0.1) is 4.90 Å². The highest BCUT2D eigenvalue weighted by Crippen LogP contribution is 2.34. The molecule has 0 saturated heterocycles. The first-order chi connectivity index (χ1) is 18.6. The molecule has 1 saturated carbocycles. The molecule has 11 heteroatoms. The third-order valence-corrected chi connectivity index (χ3v) is 8.46. The molecular formula is C28H27ClF2N4O3S. The van der Waals surface area contributed by atoms with E-state index in [4.69, 9.17) is 11.6 Å². The Morgan fingerprint density at radius 1 is 0.949 bits per heavy atom. The number of nitrogens with zero attached hydrogens (tertiary/aromatic N) is 2. The number of fused-ring (bicyclic) bond motifs is 1. The number of halogens is 3. The molecule has 0 bridgehead atoms. The normalized spacial score (nSPS) is 14.9. The first-order valence-corrected chi connectivity index (χ1v) is 14.5. The molecule has 1 aliphatic rings. The summed E-state index contributed by atoms with van der Waals surface area (Å²) in [6.07, 6.45) is 4.87. The predicted molar refractivity (Wildman–Crippen MR) is 148 cm³/mol. The zero-order valence-corrected chi connectivity index (χ0v) is 22.7. The van der Waals surface area contributed by atoms with Gasteiger partial charge in [0.1, 0.15) is 11.4 Å². The first-order valence-electron chi connectivity index (χ1n) is 12.6. The van der Waals surface area contributed by atoms with Crippen LogP contribution < -0.4 is 14.8 Å². The van der Waals surface area contributed by atoms with E-state index < -0.39 is 15.6 Å². The van der Waals surface area contributed by atoms with E-state index >= 15 is 0 Å². The van der Waals surface area contributed by atoms with E-state index in [9.17, 15) is 17.2 Å². The maximum Gasteiger partial charge on any atom is 0.487 e. The summed E-state index contributed by atoms with van der Waals surface area (Å²) < 4.78 is 59.7. The first kappa shape index (κ1) is 27.2. The minimum absolute atomic E-state index is 0.0511. The average Bonchev–Trinajstić information content (AvgIpc) is 2.90. The smallest absolute Gasteiger partial charge is 0.420 e. The quantitative estimate of drug-likeness (QED) is 0.218. The van der Waals surface area contributed by atoms with Gasteiger partial charge in [-0.3, -0.25) is 0 Å². The minimum Gasteiger partial charge on any atom is -0.420 e. The van der Waals surface area contributed by atoms with Gasteiger partial charge >= 0.3 is 5.57 Å². The van der Waals surface area contributed by atoms with Crippen LogP contribution in [0.2, 0.25) is 0 Å². The van der Waals surface area contributed by atoms with Crippen molar-refractivity contribution in [3.8, 4) is 17.0 Å². The molecule has 1 fully saturated rings. The molecule has 0 aliphatic heterocycles. The number of ether oxygens (including phenoxy) is 1.